The van der Waals surface area contributed by atoms with Gasteiger partial charge in [-0.25, -0.2) is 0 Å². The zero-order chi connectivity index (χ0) is 25.2. The molecule has 1 unspecified atom stereocenters. The van der Waals surface area contributed by atoms with E-state index in [-0.39, 0.29) is 11.3 Å². The Morgan fingerprint density at radius 2 is 1.75 bits per heavy atom. The third-order valence-electron chi connectivity index (χ3n) is 6.46. The Hall–Kier alpha value is -3.84. The van der Waals surface area contributed by atoms with Crippen LogP contribution in [0.4, 0.5) is 0 Å². The van der Waals surface area contributed by atoms with Crippen LogP contribution in [0.5, 0.6) is 5.75 Å². The van der Waals surface area contributed by atoms with Gasteiger partial charge < -0.3 is 19.7 Å². The first-order valence-corrected chi connectivity index (χ1v) is 12.6. The number of carbonyl (C=O) groups excluding carboxylic acids is 2. The van der Waals surface area contributed by atoms with E-state index in [4.69, 9.17) is 4.74 Å². The first-order chi connectivity index (χ1) is 17.5. The number of para-hydroxylation sites is 1. The minimum Gasteiger partial charge on any atom is -0.507 e. The number of hydrogen-bond acceptors (Lipinski definition) is 4. The van der Waals surface area contributed by atoms with E-state index < -0.39 is 17.7 Å². The lowest BCUT2D eigenvalue weighted by molar-refractivity contribution is -0.139. The van der Waals surface area contributed by atoms with E-state index in [0.717, 1.165) is 26.5 Å². The van der Waals surface area contributed by atoms with Crippen LogP contribution in [0.3, 0.4) is 0 Å². The number of fused-ring (bicyclic) bond motifs is 1. The second-order valence-electron chi connectivity index (χ2n) is 8.61. The smallest absolute Gasteiger partial charge is 0.295 e. The SMILES string of the molecule is CCOc1ccc(C2/C(=C(/O)c3ccc(Br)cc3)C(=O)C(=O)N2CCc2c[nH]c3ccccc23)cc1. The van der Waals surface area contributed by atoms with Gasteiger partial charge in [0.2, 0.25) is 0 Å². The summed E-state index contributed by atoms with van der Waals surface area (Å²) in [6.07, 6.45) is 2.50. The number of Topliss-reactive ketones (excluding diaryl/α,β-unsaturated/α-hetero) is 1. The fourth-order valence-corrected chi connectivity index (χ4v) is 4.98. The molecule has 2 N–H and O–H groups in total. The Labute approximate surface area is 217 Å². The topological polar surface area (TPSA) is 82.6 Å². The van der Waals surface area contributed by atoms with Gasteiger partial charge in [-0.15, -0.1) is 0 Å². The number of likely N-dealkylation sites (tertiary alicyclic amines) is 1. The van der Waals surface area contributed by atoms with Gasteiger partial charge in [0, 0.05) is 33.7 Å². The lowest BCUT2D eigenvalue weighted by Gasteiger charge is -2.25. The average molecular weight is 545 g/mol. The maximum absolute atomic E-state index is 13.3. The predicted molar refractivity (Wildman–Crippen MR) is 143 cm³/mol. The van der Waals surface area contributed by atoms with Crippen LogP contribution >= 0.6 is 15.9 Å². The molecule has 4 aromatic rings. The molecule has 2 heterocycles. The van der Waals surface area contributed by atoms with Gasteiger partial charge in [-0.3, -0.25) is 9.59 Å². The second kappa shape index (κ2) is 10.0. The predicted octanol–water partition coefficient (Wildman–Crippen LogP) is 5.99. The van der Waals surface area contributed by atoms with Crippen LogP contribution in [0.25, 0.3) is 16.7 Å². The van der Waals surface area contributed by atoms with Crippen molar-refractivity contribution in [2.24, 2.45) is 0 Å². The standard InChI is InChI=1S/C29H25BrN2O4/c1-2-36-22-13-9-18(10-14-22)26-25(27(33)19-7-11-21(30)12-8-19)28(34)29(35)32(26)16-15-20-17-31-24-6-4-3-5-23(20)24/h3-14,17,26,31,33H,2,15-16H2,1H3/b27-25-. The Balaban J connectivity index is 1.55. The van der Waals surface area contributed by atoms with Crippen LogP contribution in [-0.4, -0.2) is 39.8 Å². The number of nitrogens with one attached hydrogen (secondary N) is 1. The van der Waals surface area contributed by atoms with Crippen LogP contribution in [0.15, 0.2) is 89.0 Å². The molecule has 1 aliphatic rings. The summed E-state index contributed by atoms with van der Waals surface area (Å²) in [5.74, 6) is -0.792. The molecule has 6 nitrogen and oxygen atoms in total. The molecule has 1 aromatic heterocycles. The van der Waals surface area contributed by atoms with E-state index in [1.165, 1.54) is 0 Å². The highest BCUT2D eigenvalue weighted by atomic mass is 79.9. The van der Waals surface area contributed by atoms with Crippen LogP contribution in [0, 0.1) is 0 Å². The minimum atomic E-state index is -0.713. The zero-order valence-corrected chi connectivity index (χ0v) is 21.3. The summed E-state index contributed by atoms with van der Waals surface area (Å²) in [5.41, 5.74) is 3.38. The maximum Gasteiger partial charge on any atom is 0.295 e. The number of aliphatic hydroxyl groups is 1. The molecular weight excluding hydrogens is 520 g/mol. The first-order valence-electron chi connectivity index (χ1n) is 11.8. The number of carbonyl (C=O) groups is 2. The van der Waals surface area contributed by atoms with Crippen molar-refractivity contribution in [1.29, 1.82) is 0 Å². The van der Waals surface area contributed by atoms with E-state index >= 15 is 0 Å². The van der Waals surface area contributed by atoms with Gasteiger partial charge in [0.05, 0.1) is 18.2 Å². The molecule has 0 aliphatic carbocycles. The molecule has 1 amide bonds. The van der Waals surface area contributed by atoms with Crippen molar-refractivity contribution in [3.63, 3.8) is 0 Å². The summed E-state index contributed by atoms with van der Waals surface area (Å²) in [4.78, 5) is 31.4. The van der Waals surface area contributed by atoms with Crippen molar-refractivity contribution in [3.8, 4) is 5.75 Å². The third kappa shape index (κ3) is 4.42. The molecule has 0 bridgehead atoms. The summed E-state index contributed by atoms with van der Waals surface area (Å²) in [5, 5.41) is 12.3. The van der Waals surface area contributed by atoms with E-state index in [2.05, 4.69) is 20.9 Å². The number of aromatic amines is 1. The van der Waals surface area contributed by atoms with Crippen molar-refractivity contribution < 1.29 is 19.4 Å². The largest absolute Gasteiger partial charge is 0.507 e. The number of aliphatic hydroxyl groups excluding tert-OH is 1. The van der Waals surface area contributed by atoms with Gasteiger partial charge in [-0.1, -0.05) is 58.4 Å². The zero-order valence-electron chi connectivity index (χ0n) is 19.7. The van der Waals surface area contributed by atoms with Crippen LogP contribution in [0.2, 0.25) is 0 Å². The van der Waals surface area contributed by atoms with E-state index in [0.29, 0.717) is 30.9 Å². The Bertz CT molecular complexity index is 1450. The molecule has 0 spiro atoms. The van der Waals surface area contributed by atoms with Crippen molar-refractivity contribution in [1.82, 2.24) is 9.88 Å². The molecule has 36 heavy (non-hydrogen) atoms. The molecule has 182 valence electrons. The van der Waals surface area contributed by atoms with Crippen molar-refractivity contribution in [2.75, 3.05) is 13.2 Å². The Morgan fingerprint density at radius 3 is 2.47 bits per heavy atom. The van der Waals surface area contributed by atoms with Crippen LogP contribution in [0.1, 0.15) is 29.7 Å². The summed E-state index contributed by atoms with van der Waals surface area (Å²) in [7, 11) is 0. The molecule has 1 fully saturated rings. The maximum atomic E-state index is 13.3. The van der Waals surface area contributed by atoms with Crippen LogP contribution in [-0.2, 0) is 16.0 Å². The number of rotatable bonds is 7. The average Bonchev–Trinajstić information content (AvgIpc) is 3.42. The number of ketones is 1. The molecule has 1 atom stereocenters. The quantitative estimate of drug-likeness (QED) is 0.170. The number of H-pyrrole nitrogens is 1. The molecule has 5 rings (SSSR count). The van der Waals surface area contributed by atoms with Gasteiger partial charge in [0.15, 0.2) is 0 Å². The lowest BCUT2D eigenvalue weighted by atomic mass is 9.95. The Kier molecular flexibility index (Phi) is 6.65. The van der Waals surface area contributed by atoms with Crippen molar-refractivity contribution in [2.45, 2.75) is 19.4 Å². The second-order valence-corrected chi connectivity index (χ2v) is 9.53. The van der Waals surface area contributed by atoms with E-state index in [1.807, 2.05) is 61.7 Å². The van der Waals surface area contributed by atoms with Crippen molar-refractivity contribution in [3.05, 3.63) is 106 Å². The summed E-state index contributed by atoms with van der Waals surface area (Å²) < 4.78 is 6.42. The van der Waals surface area contributed by atoms with E-state index in [1.54, 1.807) is 29.2 Å². The third-order valence-corrected chi connectivity index (χ3v) is 6.99. The normalized spacial score (nSPS) is 17.2. The molecule has 1 saturated heterocycles. The highest BCUT2D eigenvalue weighted by Crippen LogP contribution is 2.40. The number of aromatic nitrogens is 1. The summed E-state index contributed by atoms with van der Waals surface area (Å²) >= 11 is 3.39. The minimum absolute atomic E-state index is 0.0883. The number of nitrogens with zero attached hydrogens (tertiary/aromatic N) is 1. The molecule has 0 saturated carbocycles. The highest BCUT2D eigenvalue weighted by molar-refractivity contribution is 9.10. The summed E-state index contributed by atoms with van der Waals surface area (Å²) in [6.45, 7) is 2.76. The highest BCUT2D eigenvalue weighted by Gasteiger charge is 2.45. The van der Waals surface area contributed by atoms with Gasteiger partial charge in [-0.05, 0) is 54.8 Å². The number of benzene rings is 3. The van der Waals surface area contributed by atoms with Crippen LogP contribution < -0.4 is 4.74 Å². The number of hydrogen-bond donors (Lipinski definition) is 2. The molecule has 7 heteroatoms. The molecule has 3 aromatic carbocycles. The lowest BCUT2D eigenvalue weighted by Crippen LogP contribution is -2.31. The van der Waals surface area contributed by atoms with Gasteiger partial charge in [0.1, 0.15) is 11.5 Å². The summed E-state index contributed by atoms with van der Waals surface area (Å²) in [6, 6.07) is 21.6. The molecule has 1 aliphatic heterocycles. The van der Waals surface area contributed by atoms with E-state index in [9.17, 15) is 14.7 Å². The fourth-order valence-electron chi connectivity index (χ4n) is 4.71. The van der Waals surface area contributed by atoms with Gasteiger partial charge >= 0.3 is 0 Å². The fraction of sp³-hybridized carbons (Fsp3) is 0.172. The Morgan fingerprint density at radius 1 is 1.03 bits per heavy atom. The molecular formula is C29H25BrN2O4. The van der Waals surface area contributed by atoms with Gasteiger partial charge in [0.25, 0.3) is 11.7 Å². The van der Waals surface area contributed by atoms with Gasteiger partial charge in [-0.2, -0.15) is 0 Å². The number of halogens is 1. The number of ether oxygens (including phenoxy) is 1. The first kappa shape index (κ1) is 23.9. The van der Waals surface area contributed by atoms with Crippen molar-refractivity contribution >= 4 is 44.3 Å². The molecule has 0 radical (unpaired) electrons. The monoisotopic (exact) mass is 544 g/mol. The number of amides is 1.